The highest BCUT2D eigenvalue weighted by Gasteiger charge is 2.16. The number of carboxylic acids is 1. The number of benzene rings is 1. The fourth-order valence-electron chi connectivity index (χ4n) is 1.57. The number of rotatable bonds is 7. The van der Waals surface area contributed by atoms with Crippen molar-refractivity contribution in [3.63, 3.8) is 0 Å². The van der Waals surface area contributed by atoms with Gasteiger partial charge in [0, 0.05) is 12.8 Å². The normalized spacial score (nSPS) is 11.6. The molecule has 0 radical (unpaired) electrons. The average Bonchev–Trinajstić information content (AvgIpc) is 2.49. The Balaban J connectivity index is 3.04. The van der Waals surface area contributed by atoms with Crippen molar-refractivity contribution in [1.29, 1.82) is 0 Å². The zero-order valence-electron chi connectivity index (χ0n) is 12.5. The maximum atomic E-state index is 11.4. The monoisotopic (exact) mass is 309 g/mol. The van der Waals surface area contributed by atoms with Crippen LogP contribution in [0.3, 0.4) is 0 Å². The number of hydrogen-bond acceptors (Lipinski definition) is 6. The lowest BCUT2D eigenvalue weighted by molar-refractivity contribution is -0.138. The van der Waals surface area contributed by atoms with Crippen LogP contribution in [0, 0.1) is 0 Å². The summed E-state index contributed by atoms with van der Waals surface area (Å²) in [7, 11) is 0. The molecule has 7 heteroatoms. The Morgan fingerprint density at radius 1 is 1.09 bits per heavy atom. The molecule has 22 heavy (non-hydrogen) atoms. The van der Waals surface area contributed by atoms with Gasteiger partial charge in [-0.25, -0.2) is 0 Å². The largest absolute Gasteiger partial charge is 0.480 e. The second-order valence-corrected chi connectivity index (χ2v) is 4.59. The maximum absolute atomic E-state index is 11.4. The summed E-state index contributed by atoms with van der Waals surface area (Å²) >= 11 is 0. The zero-order chi connectivity index (χ0) is 16.7. The molecule has 0 bridgehead atoms. The molecule has 0 saturated carbocycles. The van der Waals surface area contributed by atoms with E-state index < -0.39 is 23.9 Å². The van der Waals surface area contributed by atoms with E-state index in [9.17, 15) is 14.4 Å². The molecular formula is C15H19NO6. The highest BCUT2D eigenvalue weighted by atomic mass is 16.6. The Bertz CT molecular complexity index is 569. The summed E-state index contributed by atoms with van der Waals surface area (Å²) in [4.78, 5) is 33.6. The molecule has 0 unspecified atom stereocenters. The van der Waals surface area contributed by atoms with E-state index in [-0.39, 0.29) is 30.8 Å². The minimum absolute atomic E-state index is 0.0635. The van der Waals surface area contributed by atoms with Crippen LogP contribution in [0.1, 0.15) is 32.3 Å². The van der Waals surface area contributed by atoms with Crippen LogP contribution in [-0.2, 0) is 20.8 Å². The van der Waals surface area contributed by atoms with E-state index in [0.29, 0.717) is 5.56 Å². The molecule has 7 nitrogen and oxygen atoms in total. The lowest BCUT2D eigenvalue weighted by atomic mass is 10.1. The molecule has 3 N–H and O–H groups in total. The second kappa shape index (κ2) is 8.14. The SMILES string of the molecule is CCC(=O)Oc1ccc(C[C@H](N)C(=O)O)cc1OC(=O)CC. The molecule has 0 saturated heterocycles. The Kier molecular flexibility index (Phi) is 6.52. The van der Waals surface area contributed by atoms with Crippen LogP contribution in [-0.4, -0.2) is 29.1 Å². The van der Waals surface area contributed by atoms with E-state index in [1.807, 2.05) is 0 Å². The summed E-state index contributed by atoms with van der Waals surface area (Å²) in [6.45, 7) is 3.27. The highest BCUT2D eigenvalue weighted by Crippen LogP contribution is 2.29. The van der Waals surface area contributed by atoms with Gasteiger partial charge in [-0.3, -0.25) is 14.4 Å². The molecule has 120 valence electrons. The predicted octanol–water partition coefficient (Wildman–Crippen LogP) is 1.27. The van der Waals surface area contributed by atoms with Gasteiger partial charge in [0.1, 0.15) is 6.04 Å². The average molecular weight is 309 g/mol. The smallest absolute Gasteiger partial charge is 0.320 e. The van der Waals surface area contributed by atoms with Crippen molar-refractivity contribution in [2.24, 2.45) is 5.73 Å². The summed E-state index contributed by atoms with van der Waals surface area (Å²) in [6, 6.07) is 3.41. The van der Waals surface area contributed by atoms with Crippen molar-refractivity contribution in [3.8, 4) is 11.5 Å². The van der Waals surface area contributed by atoms with Gasteiger partial charge in [-0.15, -0.1) is 0 Å². The van der Waals surface area contributed by atoms with Crippen LogP contribution in [0.5, 0.6) is 11.5 Å². The highest BCUT2D eigenvalue weighted by molar-refractivity contribution is 5.76. The van der Waals surface area contributed by atoms with Gasteiger partial charge in [-0.05, 0) is 24.1 Å². The summed E-state index contributed by atoms with van der Waals surface area (Å²) in [5.41, 5.74) is 6.03. The molecule has 0 fully saturated rings. The first-order valence-electron chi connectivity index (χ1n) is 6.90. The first-order valence-corrected chi connectivity index (χ1v) is 6.90. The fourth-order valence-corrected chi connectivity index (χ4v) is 1.57. The summed E-state index contributed by atoms with van der Waals surface area (Å²) in [6.07, 6.45) is 0.390. The standard InChI is InChI=1S/C15H19NO6/c1-3-13(17)21-11-6-5-9(7-10(16)15(19)20)8-12(11)22-14(18)4-2/h5-6,8,10H,3-4,7,16H2,1-2H3,(H,19,20)/t10-/m0/s1. The third-order valence-corrected chi connectivity index (χ3v) is 2.81. The molecule has 0 spiro atoms. The topological polar surface area (TPSA) is 116 Å². The van der Waals surface area contributed by atoms with Crippen molar-refractivity contribution >= 4 is 17.9 Å². The first-order chi connectivity index (χ1) is 10.4. The number of hydrogen-bond donors (Lipinski definition) is 2. The number of aliphatic carboxylic acids is 1. The lowest BCUT2D eigenvalue weighted by Crippen LogP contribution is -2.32. The van der Waals surface area contributed by atoms with E-state index in [4.69, 9.17) is 20.3 Å². The molecule has 0 aromatic heterocycles. The van der Waals surface area contributed by atoms with Crippen LogP contribution in [0.4, 0.5) is 0 Å². The quantitative estimate of drug-likeness (QED) is 0.575. The van der Waals surface area contributed by atoms with Gasteiger partial charge in [0.05, 0.1) is 0 Å². The molecule has 0 aliphatic carbocycles. The Hall–Kier alpha value is -2.41. The Morgan fingerprint density at radius 3 is 2.14 bits per heavy atom. The molecule has 0 heterocycles. The second-order valence-electron chi connectivity index (χ2n) is 4.59. The third-order valence-electron chi connectivity index (χ3n) is 2.81. The molecule has 1 aromatic carbocycles. The van der Waals surface area contributed by atoms with Crippen molar-refractivity contribution in [2.75, 3.05) is 0 Å². The van der Waals surface area contributed by atoms with Crippen LogP contribution < -0.4 is 15.2 Å². The van der Waals surface area contributed by atoms with Gasteiger partial charge in [0.25, 0.3) is 0 Å². The molecular weight excluding hydrogens is 290 g/mol. The number of ether oxygens (including phenoxy) is 2. The molecule has 1 aromatic rings. The van der Waals surface area contributed by atoms with E-state index in [1.54, 1.807) is 19.9 Å². The summed E-state index contributed by atoms with van der Waals surface area (Å²) < 4.78 is 10.2. The van der Waals surface area contributed by atoms with Crippen molar-refractivity contribution in [1.82, 2.24) is 0 Å². The summed E-state index contributed by atoms with van der Waals surface area (Å²) in [5, 5.41) is 8.82. The van der Waals surface area contributed by atoms with Gasteiger partial charge in [-0.1, -0.05) is 19.9 Å². The number of nitrogens with two attached hydrogens (primary N) is 1. The van der Waals surface area contributed by atoms with E-state index in [0.717, 1.165) is 0 Å². The minimum Gasteiger partial charge on any atom is -0.480 e. The van der Waals surface area contributed by atoms with Gasteiger partial charge in [0.15, 0.2) is 11.5 Å². The van der Waals surface area contributed by atoms with E-state index in [2.05, 4.69) is 0 Å². The van der Waals surface area contributed by atoms with E-state index >= 15 is 0 Å². The summed E-state index contributed by atoms with van der Waals surface area (Å²) in [5.74, 6) is -1.91. The number of carbonyl (C=O) groups is 3. The van der Waals surface area contributed by atoms with Gasteiger partial charge in [-0.2, -0.15) is 0 Å². The number of carboxylic acid groups (broad SMARTS) is 1. The van der Waals surface area contributed by atoms with Crippen LogP contribution >= 0.6 is 0 Å². The first kappa shape index (κ1) is 17.6. The molecule has 0 aliphatic rings. The van der Waals surface area contributed by atoms with E-state index in [1.165, 1.54) is 12.1 Å². The lowest BCUT2D eigenvalue weighted by Gasteiger charge is -2.12. The minimum atomic E-state index is -1.13. The molecule has 1 atom stereocenters. The molecule has 0 amide bonds. The van der Waals surface area contributed by atoms with Gasteiger partial charge in [0.2, 0.25) is 0 Å². The number of carbonyl (C=O) groups excluding carboxylic acids is 2. The number of esters is 2. The van der Waals surface area contributed by atoms with Crippen LogP contribution in [0.2, 0.25) is 0 Å². The van der Waals surface area contributed by atoms with Crippen LogP contribution in [0.25, 0.3) is 0 Å². The van der Waals surface area contributed by atoms with Crippen molar-refractivity contribution < 1.29 is 29.0 Å². The maximum Gasteiger partial charge on any atom is 0.320 e. The Labute approximate surface area is 128 Å². The van der Waals surface area contributed by atoms with Gasteiger partial charge >= 0.3 is 17.9 Å². The third kappa shape index (κ3) is 5.17. The van der Waals surface area contributed by atoms with Crippen molar-refractivity contribution in [3.05, 3.63) is 23.8 Å². The zero-order valence-corrected chi connectivity index (χ0v) is 12.5. The molecule has 1 rings (SSSR count). The van der Waals surface area contributed by atoms with Crippen molar-refractivity contribution in [2.45, 2.75) is 39.2 Å². The van der Waals surface area contributed by atoms with Crippen LogP contribution in [0.15, 0.2) is 18.2 Å². The predicted molar refractivity (Wildman–Crippen MR) is 77.6 cm³/mol. The Morgan fingerprint density at radius 2 is 1.64 bits per heavy atom. The van der Waals surface area contributed by atoms with Gasteiger partial charge < -0.3 is 20.3 Å². The molecule has 0 aliphatic heterocycles. The fraction of sp³-hybridized carbons (Fsp3) is 0.400.